The summed E-state index contributed by atoms with van der Waals surface area (Å²) in [5.41, 5.74) is 5.74. The number of primary amides is 1. The van der Waals surface area contributed by atoms with Crippen molar-refractivity contribution in [2.45, 2.75) is 6.42 Å². The largest absolute Gasteiger partial charge is 0.370 e. The third-order valence-electron chi connectivity index (χ3n) is 2.92. The highest BCUT2D eigenvalue weighted by Crippen LogP contribution is 2.26. The fraction of sp³-hybridized carbons (Fsp3) is 0.125. The third-order valence-corrected chi connectivity index (χ3v) is 4.08. The van der Waals surface area contributed by atoms with E-state index < -0.39 is 5.91 Å². The van der Waals surface area contributed by atoms with Crippen molar-refractivity contribution in [2.75, 3.05) is 11.4 Å². The number of carbonyl (C=O) groups excluding carboxylic acids is 2. The van der Waals surface area contributed by atoms with Crippen molar-refractivity contribution in [2.24, 2.45) is 5.73 Å². The van der Waals surface area contributed by atoms with E-state index in [1.54, 1.807) is 30.3 Å². The van der Waals surface area contributed by atoms with E-state index >= 15 is 0 Å². The molecule has 0 fully saturated rings. The molecular formula is C16H15ClN2O2S. The summed E-state index contributed by atoms with van der Waals surface area (Å²) in [5.74, 6) is -0.713. The van der Waals surface area contributed by atoms with E-state index in [1.165, 1.54) is 22.3 Å². The van der Waals surface area contributed by atoms with Crippen molar-refractivity contribution in [1.82, 2.24) is 0 Å². The van der Waals surface area contributed by atoms with E-state index in [0.717, 1.165) is 4.88 Å². The lowest BCUT2D eigenvalue weighted by Crippen LogP contribution is -2.33. The summed E-state index contributed by atoms with van der Waals surface area (Å²) < 4.78 is 0. The maximum absolute atomic E-state index is 12.4. The minimum atomic E-state index is -0.466. The van der Waals surface area contributed by atoms with Crippen molar-refractivity contribution < 1.29 is 9.59 Å². The maximum atomic E-state index is 12.4. The molecule has 6 heteroatoms. The monoisotopic (exact) mass is 334 g/mol. The number of nitrogens with two attached hydrogens (primary N) is 1. The quantitative estimate of drug-likeness (QED) is 0.824. The number of nitrogens with zero attached hydrogens (tertiary/aromatic N) is 1. The molecule has 2 rings (SSSR count). The number of thiophene rings is 1. The van der Waals surface area contributed by atoms with Crippen LogP contribution in [0.5, 0.6) is 0 Å². The zero-order chi connectivity index (χ0) is 15.9. The molecule has 0 spiro atoms. The van der Waals surface area contributed by atoms with E-state index in [0.29, 0.717) is 10.7 Å². The molecule has 1 heterocycles. The number of rotatable bonds is 6. The second kappa shape index (κ2) is 7.77. The Labute approximate surface area is 137 Å². The first-order valence-corrected chi connectivity index (χ1v) is 7.89. The Morgan fingerprint density at radius 1 is 1.23 bits per heavy atom. The van der Waals surface area contributed by atoms with Gasteiger partial charge in [0.05, 0.1) is 10.7 Å². The fourth-order valence-corrected chi connectivity index (χ4v) is 2.73. The van der Waals surface area contributed by atoms with Gasteiger partial charge in [-0.2, -0.15) is 0 Å². The maximum Gasteiger partial charge on any atom is 0.251 e. The molecule has 0 aliphatic heterocycles. The van der Waals surface area contributed by atoms with Crippen LogP contribution in [0, 0.1) is 0 Å². The molecule has 1 aromatic heterocycles. The van der Waals surface area contributed by atoms with Gasteiger partial charge in [0.1, 0.15) is 0 Å². The van der Waals surface area contributed by atoms with Gasteiger partial charge in [0.2, 0.25) is 5.91 Å². The number of carbonyl (C=O) groups is 2. The molecule has 2 amide bonds. The molecule has 0 aliphatic rings. The SMILES string of the molecule is NC(=O)CCN(C(=O)/C=C/c1cccs1)c1ccccc1Cl. The molecule has 2 aromatic rings. The number of anilines is 1. The summed E-state index contributed by atoms with van der Waals surface area (Å²) in [6.45, 7) is 0.187. The highest BCUT2D eigenvalue weighted by Gasteiger charge is 2.16. The van der Waals surface area contributed by atoms with Gasteiger partial charge in [0.25, 0.3) is 5.91 Å². The molecule has 2 N–H and O–H groups in total. The fourth-order valence-electron chi connectivity index (χ4n) is 1.87. The summed E-state index contributed by atoms with van der Waals surface area (Å²) in [6.07, 6.45) is 3.28. The lowest BCUT2D eigenvalue weighted by atomic mass is 10.2. The minimum Gasteiger partial charge on any atom is -0.370 e. The number of halogens is 1. The summed E-state index contributed by atoms with van der Waals surface area (Å²) in [4.78, 5) is 25.9. The average Bonchev–Trinajstić information content (AvgIpc) is 3.00. The van der Waals surface area contributed by atoms with Gasteiger partial charge in [-0.15, -0.1) is 11.3 Å². The highest BCUT2D eigenvalue weighted by molar-refractivity contribution is 7.10. The van der Waals surface area contributed by atoms with Crippen LogP contribution in [0.25, 0.3) is 6.08 Å². The smallest absolute Gasteiger partial charge is 0.251 e. The zero-order valence-electron chi connectivity index (χ0n) is 11.7. The standard InChI is InChI=1S/C16H15ClN2O2S/c17-13-5-1-2-6-14(13)19(10-9-15(18)20)16(21)8-7-12-4-3-11-22-12/h1-8,11H,9-10H2,(H2,18,20)/b8-7+. The Balaban J connectivity index is 2.22. The third kappa shape index (κ3) is 4.44. The van der Waals surface area contributed by atoms with Crippen LogP contribution < -0.4 is 10.6 Å². The summed E-state index contributed by atoms with van der Waals surface area (Å²) >= 11 is 7.68. The molecule has 0 atom stereocenters. The minimum absolute atomic E-state index is 0.0732. The molecule has 0 unspecified atom stereocenters. The number of para-hydroxylation sites is 1. The van der Waals surface area contributed by atoms with E-state index in [1.807, 2.05) is 17.5 Å². The average molecular weight is 335 g/mol. The van der Waals surface area contributed by atoms with Crippen LogP contribution in [-0.4, -0.2) is 18.4 Å². The molecule has 114 valence electrons. The molecular weight excluding hydrogens is 320 g/mol. The predicted octanol–water partition coefficient (Wildman–Crippen LogP) is 3.32. The van der Waals surface area contributed by atoms with Gasteiger partial charge in [-0.1, -0.05) is 29.8 Å². The molecule has 22 heavy (non-hydrogen) atoms. The molecule has 0 radical (unpaired) electrons. The van der Waals surface area contributed by atoms with Gasteiger partial charge < -0.3 is 10.6 Å². The number of amides is 2. The van der Waals surface area contributed by atoms with Crippen LogP contribution in [-0.2, 0) is 9.59 Å². The van der Waals surface area contributed by atoms with Gasteiger partial charge in [0, 0.05) is 23.9 Å². The van der Waals surface area contributed by atoms with Gasteiger partial charge in [0.15, 0.2) is 0 Å². The lowest BCUT2D eigenvalue weighted by Gasteiger charge is -2.21. The van der Waals surface area contributed by atoms with Crippen molar-refractivity contribution in [3.05, 3.63) is 57.8 Å². The van der Waals surface area contributed by atoms with Crippen molar-refractivity contribution in [3.8, 4) is 0 Å². The van der Waals surface area contributed by atoms with Crippen molar-refractivity contribution in [3.63, 3.8) is 0 Å². The molecule has 1 aromatic carbocycles. The second-order valence-corrected chi connectivity index (χ2v) is 5.89. The number of hydrogen-bond donors (Lipinski definition) is 1. The number of benzene rings is 1. The highest BCUT2D eigenvalue weighted by atomic mass is 35.5. The van der Waals surface area contributed by atoms with Crippen LogP contribution in [0.3, 0.4) is 0 Å². The molecule has 4 nitrogen and oxygen atoms in total. The van der Waals surface area contributed by atoms with Crippen LogP contribution in [0.1, 0.15) is 11.3 Å². The first-order chi connectivity index (χ1) is 10.6. The Morgan fingerprint density at radius 3 is 2.64 bits per heavy atom. The Kier molecular flexibility index (Phi) is 5.75. The van der Waals surface area contributed by atoms with Gasteiger partial charge in [-0.3, -0.25) is 9.59 Å². The van der Waals surface area contributed by atoms with Crippen molar-refractivity contribution in [1.29, 1.82) is 0 Å². The van der Waals surface area contributed by atoms with E-state index in [-0.39, 0.29) is 18.9 Å². The lowest BCUT2D eigenvalue weighted by molar-refractivity contribution is -0.118. The zero-order valence-corrected chi connectivity index (χ0v) is 13.3. The topological polar surface area (TPSA) is 63.4 Å². The number of hydrogen-bond acceptors (Lipinski definition) is 3. The second-order valence-electron chi connectivity index (χ2n) is 4.51. The first kappa shape index (κ1) is 16.3. The Hall–Kier alpha value is -2.11. The normalized spacial score (nSPS) is 10.8. The van der Waals surface area contributed by atoms with Gasteiger partial charge >= 0.3 is 0 Å². The summed E-state index contributed by atoms with van der Waals surface area (Å²) in [6, 6.07) is 10.8. The Morgan fingerprint density at radius 2 is 2.00 bits per heavy atom. The predicted molar refractivity (Wildman–Crippen MR) is 91.0 cm³/mol. The summed E-state index contributed by atoms with van der Waals surface area (Å²) in [5, 5.41) is 2.38. The molecule has 0 saturated carbocycles. The van der Waals surface area contributed by atoms with Crippen LogP contribution in [0.4, 0.5) is 5.69 Å². The van der Waals surface area contributed by atoms with E-state index in [2.05, 4.69) is 0 Å². The first-order valence-electron chi connectivity index (χ1n) is 6.64. The van der Waals surface area contributed by atoms with Crippen LogP contribution in [0.15, 0.2) is 47.9 Å². The van der Waals surface area contributed by atoms with Crippen LogP contribution in [0.2, 0.25) is 5.02 Å². The van der Waals surface area contributed by atoms with E-state index in [4.69, 9.17) is 17.3 Å². The van der Waals surface area contributed by atoms with Crippen molar-refractivity contribution >= 4 is 46.5 Å². The van der Waals surface area contributed by atoms with E-state index in [9.17, 15) is 9.59 Å². The van der Waals surface area contributed by atoms with Gasteiger partial charge in [-0.25, -0.2) is 0 Å². The van der Waals surface area contributed by atoms with Crippen LogP contribution >= 0.6 is 22.9 Å². The summed E-state index contributed by atoms with van der Waals surface area (Å²) in [7, 11) is 0. The molecule has 0 aliphatic carbocycles. The molecule has 0 saturated heterocycles. The molecule has 0 bridgehead atoms. The Bertz CT molecular complexity index is 683. The van der Waals surface area contributed by atoms with Gasteiger partial charge in [-0.05, 0) is 29.7 Å².